The smallest absolute Gasteiger partial charge is 0.196 e. The number of ketones is 1. The number of carbonyl (C=O) groups is 1. The van der Waals surface area contributed by atoms with Gasteiger partial charge in [-0.15, -0.1) is 0 Å². The molecule has 2 aromatic rings. The first-order valence-corrected chi connectivity index (χ1v) is 7.14. The Morgan fingerprint density at radius 2 is 1.75 bits per heavy atom. The first kappa shape index (κ1) is 13.3. The second-order valence-electron chi connectivity index (χ2n) is 5.14. The van der Waals surface area contributed by atoms with Gasteiger partial charge in [0.05, 0.1) is 5.56 Å². The monoisotopic (exact) mass is 288 g/mol. The maximum atomic E-state index is 13.8. The molecule has 3 heteroatoms. The first-order chi connectivity index (χ1) is 9.65. The Kier molecular flexibility index (Phi) is 3.58. The van der Waals surface area contributed by atoms with E-state index in [-0.39, 0.29) is 11.3 Å². The summed E-state index contributed by atoms with van der Waals surface area (Å²) in [5, 5.41) is 0.368. The van der Waals surface area contributed by atoms with Crippen LogP contribution in [0.3, 0.4) is 0 Å². The third-order valence-corrected chi connectivity index (χ3v) is 4.02. The highest BCUT2D eigenvalue weighted by Crippen LogP contribution is 2.24. The van der Waals surface area contributed by atoms with Crippen LogP contribution >= 0.6 is 11.6 Å². The van der Waals surface area contributed by atoms with Gasteiger partial charge in [0.15, 0.2) is 5.78 Å². The minimum atomic E-state index is -0.530. The van der Waals surface area contributed by atoms with Gasteiger partial charge in [-0.1, -0.05) is 23.7 Å². The van der Waals surface area contributed by atoms with E-state index in [9.17, 15) is 9.18 Å². The van der Waals surface area contributed by atoms with Crippen LogP contribution in [0.25, 0.3) is 0 Å². The molecule has 0 spiro atoms. The summed E-state index contributed by atoms with van der Waals surface area (Å²) < 4.78 is 13.8. The fourth-order valence-electron chi connectivity index (χ4n) is 2.70. The first-order valence-electron chi connectivity index (χ1n) is 6.77. The number of hydrogen-bond acceptors (Lipinski definition) is 1. The van der Waals surface area contributed by atoms with Gasteiger partial charge in [-0.25, -0.2) is 4.39 Å². The van der Waals surface area contributed by atoms with Crippen molar-refractivity contribution < 1.29 is 9.18 Å². The van der Waals surface area contributed by atoms with Crippen molar-refractivity contribution in [2.24, 2.45) is 0 Å². The fourth-order valence-corrected chi connectivity index (χ4v) is 2.87. The number of hydrogen-bond donors (Lipinski definition) is 0. The van der Waals surface area contributed by atoms with E-state index < -0.39 is 5.82 Å². The number of halogens is 2. The van der Waals surface area contributed by atoms with Gasteiger partial charge in [-0.05, 0) is 61.1 Å². The van der Waals surface area contributed by atoms with Crippen molar-refractivity contribution in [2.45, 2.75) is 25.7 Å². The van der Waals surface area contributed by atoms with Crippen LogP contribution in [0, 0.1) is 5.82 Å². The molecule has 2 aromatic carbocycles. The van der Waals surface area contributed by atoms with Crippen molar-refractivity contribution in [1.29, 1.82) is 0 Å². The highest BCUT2D eigenvalue weighted by molar-refractivity contribution is 6.31. The van der Waals surface area contributed by atoms with Crippen molar-refractivity contribution in [2.75, 3.05) is 0 Å². The molecule has 0 fully saturated rings. The van der Waals surface area contributed by atoms with Gasteiger partial charge in [-0.2, -0.15) is 0 Å². The molecule has 0 aromatic heterocycles. The lowest BCUT2D eigenvalue weighted by molar-refractivity contribution is 0.103. The fraction of sp³-hybridized carbons (Fsp3) is 0.235. The number of fused-ring (bicyclic) bond motifs is 1. The molecule has 3 rings (SSSR count). The molecule has 0 radical (unpaired) electrons. The largest absolute Gasteiger partial charge is 0.288 e. The predicted molar refractivity (Wildman–Crippen MR) is 77.9 cm³/mol. The van der Waals surface area contributed by atoms with E-state index in [1.807, 2.05) is 12.1 Å². The van der Waals surface area contributed by atoms with Crippen molar-refractivity contribution in [1.82, 2.24) is 0 Å². The van der Waals surface area contributed by atoms with E-state index in [1.165, 1.54) is 35.7 Å². The molecular weight excluding hydrogens is 275 g/mol. The van der Waals surface area contributed by atoms with Gasteiger partial charge in [0.2, 0.25) is 0 Å². The van der Waals surface area contributed by atoms with Crippen LogP contribution in [0.2, 0.25) is 5.02 Å². The highest BCUT2D eigenvalue weighted by Gasteiger charge is 2.17. The second kappa shape index (κ2) is 5.37. The zero-order valence-electron chi connectivity index (χ0n) is 11.0. The summed E-state index contributed by atoms with van der Waals surface area (Å²) >= 11 is 5.84. The Morgan fingerprint density at radius 3 is 2.55 bits per heavy atom. The van der Waals surface area contributed by atoms with Crippen molar-refractivity contribution in [3.8, 4) is 0 Å². The number of carbonyl (C=O) groups excluding carboxylic acids is 1. The molecule has 0 heterocycles. The van der Waals surface area contributed by atoms with Crippen molar-refractivity contribution in [3.63, 3.8) is 0 Å². The molecule has 0 bridgehead atoms. The zero-order chi connectivity index (χ0) is 14.1. The quantitative estimate of drug-likeness (QED) is 0.739. The van der Waals surface area contributed by atoms with E-state index in [4.69, 9.17) is 11.6 Å². The Labute approximate surface area is 122 Å². The molecular formula is C17H14ClFO. The van der Waals surface area contributed by atoms with Gasteiger partial charge in [0, 0.05) is 10.6 Å². The third kappa shape index (κ3) is 2.48. The van der Waals surface area contributed by atoms with Crippen molar-refractivity contribution >= 4 is 17.4 Å². The van der Waals surface area contributed by atoms with E-state index in [1.54, 1.807) is 6.07 Å². The van der Waals surface area contributed by atoms with Gasteiger partial charge >= 0.3 is 0 Å². The summed E-state index contributed by atoms with van der Waals surface area (Å²) in [4.78, 5) is 12.4. The zero-order valence-corrected chi connectivity index (χ0v) is 11.7. The minimum absolute atomic E-state index is 0.0354. The SMILES string of the molecule is O=C(c1ccc2c(c1)CCCC2)c1cc(Cl)ccc1F. The number of benzene rings is 2. The molecule has 0 aliphatic heterocycles. The van der Waals surface area contributed by atoms with Crippen LogP contribution in [-0.2, 0) is 12.8 Å². The summed E-state index contributed by atoms with van der Waals surface area (Å²) in [7, 11) is 0. The van der Waals surface area contributed by atoms with E-state index in [0.29, 0.717) is 10.6 Å². The minimum Gasteiger partial charge on any atom is -0.288 e. The van der Waals surface area contributed by atoms with Gasteiger partial charge < -0.3 is 0 Å². The summed E-state index contributed by atoms with van der Waals surface area (Å²) in [5.41, 5.74) is 3.09. The lowest BCUT2D eigenvalue weighted by Crippen LogP contribution is -2.08. The van der Waals surface area contributed by atoms with Gasteiger partial charge in [0.1, 0.15) is 5.82 Å². The Hall–Kier alpha value is -1.67. The maximum absolute atomic E-state index is 13.8. The molecule has 1 nitrogen and oxygen atoms in total. The van der Waals surface area contributed by atoms with Crippen LogP contribution in [-0.4, -0.2) is 5.78 Å². The Morgan fingerprint density at radius 1 is 1.00 bits per heavy atom. The molecule has 0 saturated carbocycles. The Bertz CT molecular complexity index is 679. The molecule has 0 saturated heterocycles. The molecule has 102 valence electrons. The highest BCUT2D eigenvalue weighted by atomic mass is 35.5. The van der Waals surface area contributed by atoms with Crippen LogP contribution in [0.1, 0.15) is 39.9 Å². The molecule has 20 heavy (non-hydrogen) atoms. The summed E-state index contributed by atoms with van der Waals surface area (Å²) in [6, 6.07) is 9.74. The molecule has 0 unspecified atom stereocenters. The molecule has 1 aliphatic rings. The molecule has 0 atom stereocenters. The average molecular weight is 289 g/mol. The Balaban J connectivity index is 2.00. The summed E-state index contributed by atoms with van der Waals surface area (Å²) in [5.74, 6) is -0.838. The normalized spacial score (nSPS) is 13.9. The lowest BCUT2D eigenvalue weighted by atomic mass is 9.89. The van der Waals surface area contributed by atoms with E-state index in [0.717, 1.165) is 19.3 Å². The number of aryl methyl sites for hydroxylation is 2. The third-order valence-electron chi connectivity index (χ3n) is 3.78. The topological polar surface area (TPSA) is 17.1 Å². The summed E-state index contributed by atoms with van der Waals surface area (Å²) in [6.07, 6.45) is 4.41. The van der Waals surface area contributed by atoms with E-state index >= 15 is 0 Å². The standard InChI is InChI=1S/C17H14ClFO/c18-14-7-8-16(19)15(10-14)17(20)13-6-5-11-3-1-2-4-12(11)9-13/h5-10H,1-4H2. The summed E-state index contributed by atoms with van der Waals surface area (Å²) in [6.45, 7) is 0. The average Bonchev–Trinajstić information content (AvgIpc) is 2.48. The van der Waals surface area contributed by atoms with E-state index in [2.05, 4.69) is 0 Å². The van der Waals surface area contributed by atoms with Crippen molar-refractivity contribution in [3.05, 3.63) is 69.5 Å². The second-order valence-corrected chi connectivity index (χ2v) is 5.58. The number of rotatable bonds is 2. The van der Waals surface area contributed by atoms with Crippen LogP contribution in [0.5, 0.6) is 0 Å². The van der Waals surface area contributed by atoms with Crippen LogP contribution < -0.4 is 0 Å². The molecule has 0 N–H and O–H groups in total. The van der Waals surface area contributed by atoms with Gasteiger partial charge in [-0.3, -0.25) is 4.79 Å². The van der Waals surface area contributed by atoms with Crippen LogP contribution in [0.4, 0.5) is 4.39 Å². The van der Waals surface area contributed by atoms with Crippen LogP contribution in [0.15, 0.2) is 36.4 Å². The lowest BCUT2D eigenvalue weighted by Gasteiger charge is -2.16. The molecule has 0 amide bonds. The predicted octanol–water partition coefficient (Wildman–Crippen LogP) is 4.59. The van der Waals surface area contributed by atoms with Gasteiger partial charge in [0.25, 0.3) is 0 Å². The maximum Gasteiger partial charge on any atom is 0.196 e. The molecule has 1 aliphatic carbocycles.